The van der Waals surface area contributed by atoms with E-state index in [0.29, 0.717) is 0 Å². The number of amides is 1. The molecule has 1 aromatic rings. The molecule has 3 nitrogen and oxygen atoms in total. The van der Waals surface area contributed by atoms with Crippen LogP contribution in [-0.2, 0) is 5.41 Å². The van der Waals surface area contributed by atoms with Crippen molar-refractivity contribution in [3.8, 4) is 0 Å². The molecule has 1 aliphatic rings. The SMILES string of the molecule is CC1(NC(=O)c2ccc(C(C)(C)C)cc2)CCNCC1. The lowest BCUT2D eigenvalue weighted by Crippen LogP contribution is -2.52. The molecule has 0 unspecified atom stereocenters. The van der Waals surface area contributed by atoms with Gasteiger partial charge in [0.05, 0.1) is 0 Å². The molecule has 110 valence electrons. The van der Waals surface area contributed by atoms with Crippen molar-refractivity contribution < 1.29 is 4.79 Å². The predicted octanol–water partition coefficient (Wildman–Crippen LogP) is 2.86. The van der Waals surface area contributed by atoms with Gasteiger partial charge in [-0.05, 0) is 56.0 Å². The van der Waals surface area contributed by atoms with Crippen LogP contribution in [0.2, 0.25) is 0 Å². The summed E-state index contributed by atoms with van der Waals surface area (Å²) in [7, 11) is 0. The van der Waals surface area contributed by atoms with Crippen LogP contribution >= 0.6 is 0 Å². The zero-order valence-corrected chi connectivity index (χ0v) is 13.0. The van der Waals surface area contributed by atoms with Gasteiger partial charge < -0.3 is 10.6 Å². The van der Waals surface area contributed by atoms with Crippen molar-refractivity contribution in [2.45, 2.75) is 51.5 Å². The smallest absolute Gasteiger partial charge is 0.251 e. The Bertz CT molecular complexity index is 465. The van der Waals surface area contributed by atoms with Crippen molar-refractivity contribution in [3.05, 3.63) is 35.4 Å². The van der Waals surface area contributed by atoms with Gasteiger partial charge in [0.1, 0.15) is 0 Å². The second kappa shape index (κ2) is 5.57. The van der Waals surface area contributed by atoms with Gasteiger partial charge in [0, 0.05) is 11.1 Å². The highest BCUT2D eigenvalue weighted by Gasteiger charge is 2.28. The molecule has 3 heteroatoms. The van der Waals surface area contributed by atoms with Crippen LogP contribution in [0.5, 0.6) is 0 Å². The molecule has 0 aromatic heterocycles. The van der Waals surface area contributed by atoms with Crippen LogP contribution in [-0.4, -0.2) is 24.5 Å². The molecule has 0 bridgehead atoms. The number of carbonyl (C=O) groups is 1. The van der Waals surface area contributed by atoms with E-state index in [2.05, 4.69) is 50.5 Å². The summed E-state index contributed by atoms with van der Waals surface area (Å²) in [5.74, 6) is 0.0369. The summed E-state index contributed by atoms with van der Waals surface area (Å²) in [6.45, 7) is 10.6. The average molecular weight is 274 g/mol. The Morgan fingerprint density at radius 2 is 1.70 bits per heavy atom. The van der Waals surface area contributed by atoms with E-state index in [1.165, 1.54) is 5.56 Å². The largest absolute Gasteiger partial charge is 0.347 e. The standard InChI is InChI=1S/C17H26N2O/c1-16(2,3)14-7-5-13(6-8-14)15(20)19-17(4)9-11-18-12-10-17/h5-8,18H,9-12H2,1-4H3,(H,19,20). The second-order valence-electron chi connectivity index (χ2n) is 7.09. The summed E-state index contributed by atoms with van der Waals surface area (Å²) in [5.41, 5.74) is 2.04. The van der Waals surface area contributed by atoms with Gasteiger partial charge in [-0.25, -0.2) is 0 Å². The van der Waals surface area contributed by atoms with Crippen LogP contribution < -0.4 is 10.6 Å². The molecule has 1 saturated heterocycles. The van der Waals surface area contributed by atoms with Gasteiger partial charge in [0.2, 0.25) is 0 Å². The quantitative estimate of drug-likeness (QED) is 0.870. The number of piperidine rings is 1. The number of hydrogen-bond donors (Lipinski definition) is 2. The van der Waals surface area contributed by atoms with E-state index in [1.807, 2.05) is 12.1 Å². The highest BCUT2D eigenvalue weighted by molar-refractivity contribution is 5.94. The Morgan fingerprint density at radius 1 is 1.15 bits per heavy atom. The number of rotatable bonds is 2. The van der Waals surface area contributed by atoms with Gasteiger partial charge in [-0.3, -0.25) is 4.79 Å². The predicted molar refractivity (Wildman–Crippen MR) is 83.1 cm³/mol. The van der Waals surface area contributed by atoms with Crippen LogP contribution in [0.4, 0.5) is 0 Å². The summed E-state index contributed by atoms with van der Waals surface area (Å²) >= 11 is 0. The number of benzene rings is 1. The van der Waals surface area contributed by atoms with E-state index >= 15 is 0 Å². The molecule has 2 N–H and O–H groups in total. The first-order valence-corrected chi connectivity index (χ1v) is 7.44. The highest BCUT2D eigenvalue weighted by atomic mass is 16.1. The van der Waals surface area contributed by atoms with Gasteiger partial charge in [-0.15, -0.1) is 0 Å². The van der Waals surface area contributed by atoms with Crippen molar-refractivity contribution in [1.29, 1.82) is 0 Å². The van der Waals surface area contributed by atoms with Crippen LogP contribution in [0.3, 0.4) is 0 Å². The lowest BCUT2D eigenvalue weighted by Gasteiger charge is -2.35. The molecule has 20 heavy (non-hydrogen) atoms. The summed E-state index contributed by atoms with van der Waals surface area (Å²) in [6.07, 6.45) is 1.97. The lowest BCUT2D eigenvalue weighted by molar-refractivity contribution is 0.0887. The Hall–Kier alpha value is -1.35. The molecular weight excluding hydrogens is 248 g/mol. The van der Waals surface area contributed by atoms with Crippen LogP contribution in [0.1, 0.15) is 56.5 Å². The zero-order valence-electron chi connectivity index (χ0n) is 13.0. The van der Waals surface area contributed by atoms with E-state index < -0.39 is 0 Å². The van der Waals surface area contributed by atoms with Gasteiger partial charge in [0.15, 0.2) is 0 Å². The fourth-order valence-corrected chi connectivity index (χ4v) is 2.57. The van der Waals surface area contributed by atoms with E-state index in [0.717, 1.165) is 31.5 Å². The van der Waals surface area contributed by atoms with Crippen molar-refractivity contribution in [2.24, 2.45) is 0 Å². The fraction of sp³-hybridized carbons (Fsp3) is 0.588. The molecule has 0 radical (unpaired) electrons. The Morgan fingerprint density at radius 3 is 2.20 bits per heavy atom. The molecular formula is C17H26N2O. The molecule has 1 aliphatic heterocycles. The number of hydrogen-bond acceptors (Lipinski definition) is 2. The van der Waals surface area contributed by atoms with Crippen molar-refractivity contribution in [1.82, 2.24) is 10.6 Å². The third kappa shape index (κ3) is 3.60. The summed E-state index contributed by atoms with van der Waals surface area (Å²) in [5, 5.41) is 6.52. The van der Waals surface area contributed by atoms with Gasteiger partial charge >= 0.3 is 0 Å². The molecule has 1 aromatic carbocycles. The number of carbonyl (C=O) groups excluding carboxylic acids is 1. The van der Waals surface area contributed by atoms with E-state index in [9.17, 15) is 4.79 Å². The van der Waals surface area contributed by atoms with Crippen molar-refractivity contribution in [2.75, 3.05) is 13.1 Å². The van der Waals surface area contributed by atoms with Crippen LogP contribution in [0.15, 0.2) is 24.3 Å². The molecule has 1 fully saturated rings. The Labute approximate surface area is 122 Å². The second-order valence-corrected chi connectivity index (χ2v) is 7.09. The summed E-state index contributed by atoms with van der Waals surface area (Å²) in [6, 6.07) is 7.97. The average Bonchev–Trinajstić information content (AvgIpc) is 2.38. The molecule has 0 spiro atoms. The minimum absolute atomic E-state index is 0.0369. The first-order valence-electron chi connectivity index (χ1n) is 7.44. The highest BCUT2D eigenvalue weighted by Crippen LogP contribution is 2.23. The van der Waals surface area contributed by atoms with E-state index in [4.69, 9.17) is 0 Å². The van der Waals surface area contributed by atoms with Crippen LogP contribution in [0.25, 0.3) is 0 Å². The van der Waals surface area contributed by atoms with Gasteiger partial charge in [-0.1, -0.05) is 32.9 Å². The van der Waals surface area contributed by atoms with E-state index in [1.54, 1.807) is 0 Å². The van der Waals surface area contributed by atoms with Crippen molar-refractivity contribution >= 4 is 5.91 Å². The third-order valence-electron chi connectivity index (χ3n) is 4.14. The van der Waals surface area contributed by atoms with E-state index in [-0.39, 0.29) is 16.9 Å². The molecule has 1 heterocycles. The first kappa shape index (κ1) is 15.0. The molecule has 0 aliphatic carbocycles. The fourth-order valence-electron chi connectivity index (χ4n) is 2.57. The van der Waals surface area contributed by atoms with Gasteiger partial charge in [0.25, 0.3) is 5.91 Å². The minimum Gasteiger partial charge on any atom is -0.347 e. The Kier molecular flexibility index (Phi) is 4.19. The maximum Gasteiger partial charge on any atom is 0.251 e. The molecule has 1 amide bonds. The molecule has 0 saturated carbocycles. The maximum atomic E-state index is 12.3. The summed E-state index contributed by atoms with van der Waals surface area (Å²) < 4.78 is 0. The first-order chi connectivity index (χ1) is 9.30. The third-order valence-corrected chi connectivity index (χ3v) is 4.14. The van der Waals surface area contributed by atoms with Crippen molar-refractivity contribution in [3.63, 3.8) is 0 Å². The topological polar surface area (TPSA) is 41.1 Å². The zero-order chi connectivity index (χ0) is 14.8. The Balaban J connectivity index is 2.06. The normalized spacial score (nSPS) is 18.6. The molecule has 2 rings (SSSR count). The van der Waals surface area contributed by atoms with Crippen LogP contribution in [0, 0.1) is 0 Å². The van der Waals surface area contributed by atoms with Gasteiger partial charge in [-0.2, -0.15) is 0 Å². The maximum absolute atomic E-state index is 12.3. The minimum atomic E-state index is -0.0783. The number of nitrogens with one attached hydrogen (secondary N) is 2. The molecule has 0 atom stereocenters. The summed E-state index contributed by atoms with van der Waals surface area (Å²) in [4.78, 5) is 12.3. The lowest BCUT2D eigenvalue weighted by atomic mass is 9.86. The monoisotopic (exact) mass is 274 g/mol.